The zero-order valence-corrected chi connectivity index (χ0v) is 23.6. The van der Waals surface area contributed by atoms with Crippen LogP contribution in [-0.2, 0) is 23.4 Å². The van der Waals surface area contributed by atoms with E-state index < -0.39 is 65.4 Å². The first-order chi connectivity index (χ1) is 16.8. The van der Waals surface area contributed by atoms with E-state index in [9.17, 15) is 24.1 Å². The van der Waals surface area contributed by atoms with Crippen LogP contribution in [0.25, 0.3) is 0 Å². The Morgan fingerprint density at radius 3 is 2.53 bits per heavy atom. The van der Waals surface area contributed by atoms with Gasteiger partial charge in [-0.05, 0) is 32.9 Å². The van der Waals surface area contributed by atoms with Crippen LogP contribution in [0, 0.1) is 0 Å². The Hall–Kier alpha value is -1.80. The molecule has 12 nitrogen and oxygen atoms in total. The lowest BCUT2D eigenvalue weighted by molar-refractivity contribution is -0.149. The third-order valence-electron chi connectivity index (χ3n) is 4.92. The summed E-state index contributed by atoms with van der Waals surface area (Å²) in [6.07, 6.45) is -2.72. The number of benzene rings is 1. The van der Waals surface area contributed by atoms with Gasteiger partial charge in [-0.2, -0.15) is 5.09 Å². The molecule has 0 spiro atoms. The highest BCUT2D eigenvalue weighted by molar-refractivity contribution is 9.25. The van der Waals surface area contributed by atoms with Crippen LogP contribution in [0.4, 0.5) is 0 Å². The van der Waals surface area contributed by atoms with Crippen molar-refractivity contribution in [2.75, 3.05) is 6.61 Å². The first kappa shape index (κ1) is 28.8. The van der Waals surface area contributed by atoms with Crippen molar-refractivity contribution in [1.82, 2.24) is 14.6 Å². The molecule has 198 valence electrons. The molecule has 1 saturated heterocycles. The molecule has 0 bridgehead atoms. The third-order valence-corrected chi connectivity index (χ3v) is 8.28. The number of para-hydroxylation sites is 1. The predicted octanol–water partition coefficient (Wildman–Crippen LogP) is 2.41. The fourth-order valence-electron chi connectivity index (χ4n) is 3.22. The molecule has 1 aliphatic rings. The van der Waals surface area contributed by atoms with Crippen molar-refractivity contribution >= 4 is 45.6 Å². The Bertz CT molecular complexity index is 1220. The Balaban J connectivity index is 1.80. The second-order valence-corrected chi connectivity index (χ2v) is 13.6. The van der Waals surface area contributed by atoms with E-state index in [0.29, 0.717) is 0 Å². The molecule has 2 heterocycles. The van der Waals surface area contributed by atoms with Gasteiger partial charge in [-0.15, -0.1) is 0 Å². The molecule has 0 amide bonds. The number of aliphatic hydroxyl groups is 1. The third kappa shape index (κ3) is 6.94. The van der Waals surface area contributed by atoms with Gasteiger partial charge in [-0.1, -0.05) is 50.1 Å². The normalized spacial score (nSPS) is 23.7. The molecule has 0 radical (unpaired) electrons. The Morgan fingerprint density at radius 1 is 1.25 bits per heavy atom. The van der Waals surface area contributed by atoms with Crippen molar-refractivity contribution < 1.29 is 33.0 Å². The number of nitrogens with one attached hydrogen (secondary N) is 2. The Labute approximate surface area is 223 Å². The van der Waals surface area contributed by atoms with Crippen molar-refractivity contribution in [3.05, 3.63) is 63.4 Å². The maximum atomic E-state index is 13.6. The molecule has 1 aromatic carbocycles. The highest BCUT2D eigenvalue weighted by atomic mass is 79.9. The maximum Gasteiger partial charge on any atom is 0.459 e. The Morgan fingerprint density at radius 2 is 1.92 bits per heavy atom. The monoisotopic (exact) mass is 653 g/mol. The maximum absolute atomic E-state index is 13.6. The summed E-state index contributed by atoms with van der Waals surface area (Å²) < 4.78 is 35.5. The van der Waals surface area contributed by atoms with E-state index in [0.717, 1.165) is 10.6 Å². The minimum absolute atomic E-state index is 0.207. The number of aliphatic hydroxyl groups excluding tert-OH is 1. The zero-order chi connectivity index (χ0) is 26.7. The Kier molecular flexibility index (Phi) is 9.36. The second-order valence-electron chi connectivity index (χ2n) is 8.20. The van der Waals surface area contributed by atoms with E-state index in [1.807, 2.05) is 0 Å². The molecule has 1 aliphatic heterocycles. The van der Waals surface area contributed by atoms with Crippen LogP contribution in [0.1, 0.15) is 27.0 Å². The van der Waals surface area contributed by atoms with Gasteiger partial charge >= 0.3 is 19.4 Å². The molecule has 15 heteroatoms. The molecule has 36 heavy (non-hydrogen) atoms. The topological polar surface area (TPSA) is 158 Å². The van der Waals surface area contributed by atoms with E-state index in [-0.39, 0.29) is 5.75 Å². The first-order valence-electron chi connectivity index (χ1n) is 10.8. The number of H-pyrrole nitrogens is 1. The number of esters is 1. The lowest BCUT2D eigenvalue weighted by Gasteiger charge is -2.25. The summed E-state index contributed by atoms with van der Waals surface area (Å²) in [7, 11) is -4.21. The van der Waals surface area contributed by atoms with Gasteiger partial charge in [0.15, 0.2) is 9.46 Å². The quantitative estimate of drug-likeness (QED) is 0.197. The van der Waals surface area contributed by atoms with Gasteiger partial charge in [0.05, 0.1) is 12.7 Å². The number of aromatic nitrogens is 2. The van der Waals surface area contributed by atoms with E-state index in [1.54, 1.807) is 44.2 Å². The molecular weight excluding hydrogens is 629 g/mol. The average Bonchev–Trinajstić information content (AvgIpc) is 3.01. The van der Waals surface area contributed by atoms with Gasteiger partial charge in [0.2, 0.25) is 0 Å². The van der Waals surface area contributed by atoms with Gasteiger partial charge < -0.3 is 19.1 Å². The fourth-order valence-corrected chi connectivity index (χ4v) is 5.97. The molecule has 1 aromatic heterocycles. The van der Waals surface area contributed by atoms with Crippen molar-refractivity contribution in [3.63, 3.8) is 0 Å². The van der Waals surface area contributed by atoms with Crippen LogP contribution in [-0.4, -0.2) is 54.8 Å². The van der Waals surface area contributed by atoms with Gasteiger partial charge in [0.1, 0.15) is 24.0 Å². The predicted molar refractivity (Wildman–Crippen MR) is 136 cm³/mol. The molecule has 1 fully saturated rings. The van der Waals surface area contributed by atoms with Crippen LogP contribution < -0.4 is 20.9 Å². The summed E-state index contributed by atoms with van der Waals surface area (Å²) in [4.78, 5) is 38.1. The summed E-state index contributed by atoms with van der Waals surface area (Å²) in [6.45, 7) is 4.34. The smallest absolute Gasteiger partial charge is 0.459 e. The van der Waals surface area contributed by atoms with Crippen molar-refractivity contribution in [3.8, 4) is 5.75 Å². The summed E-state index contributed by atoms with van der Waals surface area (Å²) >= 11 is 6.64. The lowest BCUT2D eigenvalue weighted by Crippen LogP contribution is -2.41. The highest BCUT2D eigenvalue weighted by Gasteiger charge is 2.55. The van der Waals surface area contributed by atoms with Gasteiger partial charge in [0, 0.05) is 12.3 Å². The molecule has 3 rings (SSSR count). The number of ether oxygens (including phenoxy) is 2. The van der Waals surface area contributed by atoms with Crippen LogP contribution in [0.2, 0.25) is 0 Å². The standard InChI is InChI=1S/C21H26Br2N3O9P/c1-12(2)33-18(29)13(3)25-36(31,35-14-7-5-4-6-8-14)32-11-15-17(28)21(22,23)19(34-15)26-10-9-16(27)24-20(26)30/h4-10,12-13,15,17,19,28H,11H2,1-3H3,(H,25,31)(H,24,27,30)/t13?,15-,17-,19-,36?/m1/s1. The van der Waals surface area contributed by atoms with E-state index in [1.165, 1.54) is 13.1 Å². The lowest BCUT2D eigenvalue weighted by atomic mass is 10.2. The van der Waals surface area contributed by atoms with Crippen LogP contribution in [0.3, 0.4) is 0 Å². The summed E-state index contributed by atoms with van der Waals surface area (Å²) in [5, 5.41) is 13.4. The first-order valence-corrected chi connectivity index (χ1v) is 14.0. The van der Waals surface area contributed by atoms with Gasteiger partial charge in [0.25, 0.3) is 5.56 Å². The number of carbonyl (C=O) groups excluding carboxylic acids is 1. The largest absolute Gasteiger partial charge is 0.462 e. The van der Waals surface area contributed by atoms with Crippen molar-refractivity contribution in [2.24, 2.45) is 0 Å². The number of aromatic amines is 1. The molecular formula is C21H26Br2N3O9P. The number of rotatable bonds is 10. The molecule has 0 aliphatic carbocycles. The SMILES string of the molecule is CC(C)OC(=O)C(C)NP(=O)(OC[C@H]1O[C@@H](n2ccc(=O)[nH]c2=O)C(Br)(Br)[C@@H]1O)Oc1ccccc1. The summed E-state index contributed by atoms with van der Waals surface area (Å²) in [6, 6.07) is 8.23. The number of alkyl halides is 2. The van der Waals surface area contributed by atoms with Crippen molar-refractivity contribution in [2.45, 2.75) is 54.6 Å². The molecule has 2 aromatic rings. The van der Waals surface area contributed by atoms with E-state index in [4.69, 9.17) is 18.5 Å². The van der Waals surface area contributed by atoms with Gasteiger partial charge in [-0.3, -0.25) is 23.7 Å². The average molecular weight is 655 g/mol. The zero-order valence-electron chi connectivity index (χ0n) is 19.5. The minimum Gasteiger partial charge on any atom is -0.462 e. The van der Waals surface area contributed by atoms with Crippen LogP contribution in [0.5, 0.6) is 5.75 Å². The highest BCUT2D eigenvalue weighted by Crippen LogP contribution is 2.51. The van der Waals surface area contributed by atoms with Gasteiger partial charge in [-0.25, -0.2) is 9.36 Å². The molecule has 3 N–H and O–H groups in total. The number of hydrogen-bond donors (Lipinski definition) is 3. The summed E-state index contributed by atoms with van der Waals surface area (Å²) in [5.74, 6) is -0.460. The number of halogens is 2. The number of nitrogens with zero attached hydrogens (tertiary/aromatic N) is 1. The van der Waals surface area contributed by atoms with Crippen molar-refractivity contribution in [1.29, 1.82) is 0 Å². The molecule has 2 unspecified atom stereocenters. The number of hydrogen-bond acceptors (Lipinski definition) is 9. The second kappa shape index (κ2) is 11.7. The summed E-state index contributed by atoms with van der Waals surface area (Å²) in [5.41, 5.74) is -1.36. The fraction of sp³-hybridized carbons (Fsp3) is 0.476. The van der Waals surface area contributed by atoms with Crippen LogP contribution in [0.15, 0.2) is 52.2 Å². The van der Waals surface area contributed by atoms with E-state index in [2.05, 4.69) is 41.9 Å². The van der Waals surface area contributed by atoms with E-state index >= 15 is 0 Å². The molecule has 0 saturated carbocycles. The minimum atomic E-state index is -4.21. The van der Waals surface area contributed by atoms with Crippen LogP contribution >= 0.6 is 39.6 Å². The molecule has 5 atom stereocenters. The number of carbonyl (C=O) groups is 1.